The molecule has 0 aromatic heterocycles. The van der Waals surface area contributed by atoms with Crippen LogP contribution in [-0.4, -0.2) is 144 Å². The number of methoxy groups -OCH3 is 2. The van der Waals surface area contributed by atoms with Crippen molar-refractivity contribution in [2.45, 2.75) is 193 Å². The summed E-state index contributed by atoms with van der Waals surface area (Å²) in [6, 6.07) is -1.15. The van der Waals surface area contributed by atoms with Crippen molar-refractivity contribution >= 4 is 29.2 Å². The number of esters is 1. The molecule has 69 heavy (non-hydrogen) atoms. The Morgan fingerprint density at radius 2 is 1.62 bits per heavy atom. The molecular weight excluding hydrogens is 887 g/mol. The second-order valence-electron chi connectivity index (χ2n) is 21.7. The zero-order chi connectivity index (χ0) is 50.8. The number of fused-ring (bicyclic) bond motifs is 3. The van der Waals surface area contributed by atoms with E-state index >= 15 is 0 Å². The van der Waals surface area contributed by atoms with E-state index in [0.29, 0.717) is 89.6 Å². The molecule has 4 heterocycles. The number of allylic oxidation sites excluding steroid dienone is 4. The van der Waals surface area contributed by atoms with Crippen molar-refractivity contribution in [3.63, 3.8) is 0 Å². The Morgan fingerprint density at radius 1 is 0.899 bits per heavy atom. The highest BCUT2D eigenvalue weighted by Gasteiger charge is 2.53. The first-order chi connectivity index (χ1) is 32.6. The van der Waals surface area contributed by atoms with Crippen molar-refractivity contribution in [2.24, 2.45) is 41.4 Å². The number of Topliss-reactive ketones (excluding diaryl/α,β-unsaturated/α-hetero) is 3. The molecule has 0 aromatic rings. The van der Waals surface area contributed by atoms with Gasteiger partial charge in [-0.2, -0.15) is 0 Å². The van der Waals surface area contributed by atoms with Crippen LogP contribution in [-0.2, 0) is 52.4 Å². The molecule has 1 amide bonds. The monoisotopic (exact) mass is 972 g/mol. The number of carbonyl (C=O) groups excluding carboxylic acids is 5. The number of hydrogen-bond donors (Lipinski definition) is 3. The highest BCUT2D eigenvalue weighted by atomic mass is 16.6. The van der Waals surface area contributed by atoms with Crippen LogP contribution in [0.1, 0.15) is 139 Å². The van der Waals surface area contributed by atoms with Crippen molar-refractivity contribution < 1.29 is 67.7 Å². The molecule has 15 nitrogen and oxygen atoms in total. The average Bonchev–Trinajstić information content (AvgIpc) is 3.31. The molecule has 1 unspecified atom stereocenters. The molecule has 15 atom stereocenters. The van der Waals surface area contributed by atoms with E-state index in [0.717, 1.165) is 12.0 Å². The Balaban J connectivity index is 1.49. The van der Waals surface area contributed by atoms with Crippen LogP contribution < -0.4 is 0 Å². The van der Waals surface area contributed by atoms with Crippen LogP contribution in [0.4, 0.5) is 0 Å². The predicted molar refractivity (Wildman–Crippen MR) is 258 cm³/mol. The van der Waals surface area contributed by atoms with E-state index in [1.165, 1.54) is 12.0 Å². The number of carbonyl (C=O) groups is 5. The van der Waals surface area contributed by atoms with Gasteiger partial charge in [0.2, 0.25) is 5.79 Å². The number of ether oxygens (including phenoxy) is 6. The standard InChI is InChI=1S/C54H85NO14/c1-32-15-11-12-16-33(2)45(67-31-40-29-66-30-40)27-41-20-18-38(7)54(63,69-41)50(60)51(61)55-22-14-13-17-42(55)52(62)68-46(35(4)25-39-19-21-43(56)47(26-39)64-9)28-44(57)34(3)24-37(6)49(59)53(8,65-10)48(58)36(5)23-32/h11-12,16,24,32,34-36,38-43,45-47,49,56,59,63H,13-15,17-23,25-31H2,1-10H3/b12-11+,33-16+,37-24+/t32-,34-,35-,36-,38-,39+,41+,42?,43-,45-,46+,47-,49-,53-,54-/m1/s1. The van der Waals surface area contributed by atoms with E-state index in [1.54, 1.807) is 40.9 Å². The normalized spacial score (nSPS) is 40.7. The molecule has 390 valence electrons. The van der Waals surface area contributed by atoms with Gasteiger partial charge in [-0.15, -0.1) is 0 Å². The van der Waals surface area contributed by atoms with Gasteiger partial charge in [0.05, 0.1) is 44.2 Å². The van der Waals surface area contributed by atoms with Gasteiger partial charge in [-0.1, -0.05) is 58.9 Å². The number of amides is 1. The lowest BCUT2D eigenvalue weighted by atomic mass is 9.78. The van der Waals surface area contributed by atoms with E-state index in [1.807, 2.05) is 39.0 Å². The number of hydrogen-bond acceptors (Lipinski definition) is 14. The number of piperidine rings is 1. The van der Waals surface area contributed by atoms with E-state index < -0.39 is 83.4 Å². The summed E-state index contributed by atoms with van der Waals surface area (Å²) in [7, 11) is 2.97. The van der Waals surface area contributed by atoms with E-state index in [-0.39, 0.29) is 60.7 Å². The molecule has 2 bridgehead atoms. The lowest BCUT2D eigenvalue weighted by Crippen LogP contribution is -2.61. The molecule has 5 aliphatic rings. The van der Waals surface area contributed by atoms with Crippen LogP contribution in [0, 0.1) is 41.4 Å². The number of aliphatic hydroxyl groups is 3. The predicted octanol–water partition coefficient (Wildman–Crippen LogP) is 6.42. The van der Waals surface area contributed by atoms with Crippen LogP contribution in [0.5, 0.6) is 0 Å². The highest BCUT2D eigenvalue weighted by molar-refractivity contribution is 6.39. The molecule has 0 radical (unpaired) electrons. The van der Waals surface area contributed by atoms with Gasteiger partial charge in [0.1, 0.15) is 24.0 Å². The van der Waals surface area contributed by atoms with Gasteiger partial charge >= 0.3 is 5.97 Å². The quantitative estimate of drug-likeness (QED) is 0.137. The molecule has 1 saturated carbocycles. The molecule has 3 N–H and O–H groups in total. The van der Waals surface area contributed by atoms with Gasteiger partial charge in [-0.05, 0) is 120 Å². The minimum Gasteiger partial charge on any atom is -0.460 e. The van der Waals surface area contributed by atoms with Gasteiger partial charge in [-0.3, -0.25) is 19.2 Å². The first-order valence-corrected chi connectivity index (χ1v) is 25.8. The first-order valence-electron chi connectivity index (χ1n) is 25.8. The lowest BCUT2D eigenvalue weighted by molar-refractivity contribution is -0.266. The summed E-state index contributed by atoms with van der Waals surface area (Å²) in [5, 5.41) is 34.4. The fourth-order valence-corrected chi connectivity index (χ4v) is 11.1. The minimum atomic E-state index is -2.44. The fourth-order valence-electron chi connectivity index (χ4n) is 11.1. The molecule has 0 aromatic carbocycles. The Hall–Kier alpha value is -3.15. The zero-order valence-corrected chi connectivity index (χ0v) is 43.2. The van der Waals surface area contributed by atoms with Gasteiger partial charge in [0.15, 0.2) is 11.4 Å². The van der Waals surface area contributed by atoms with Crippen LogP contribution in [0.3, 0.4) is 0 Å². The van der Waals surface area contributed by atoms with E-state index in [4.69, 9.17) is 28.4 Å². The van der Waals surface area contributed by atoms with Crippen molar-refractivity contribution in [3.05, 3.63) is 35.5 Å². The third-order valence-electron chi connectivity index (χ3n) is 16.0. The maximum Gasteiger partial charge on any atom is 0.329 e. The highest BCUT2D eigenvalue weighted by Crippen LogP contribution is 2.38. The minimum absolute atomic E-state index is 0.0857. The van der Waals surface area contributed by atoms with Crippen LogP contribution >= 0.6 is 0 Å². The Labute approximate surface area is 411 Å². The van der Waals surface area contributed by atoms with Crippen LogP contribution in [0.2, 0.25) is 0 Å². The molecular formula is C54H85NO14. The third kappa shape index (κ3) is 14.3. The van der Waals surface area contributed by atoms with Crippen molar-refractivity contribution in [2.75, 3.05) is 40.6 Å². The average molecular weight is 972 g/mol. The topological polar surface area (TPSA) is 205 Å². The first kappa shape index (κ1) is 56.8. The smallest absolute Gasteiger partial charge is 0.329 e. The van der Waals surface area contributed by atoms with Gasteiger partial charge < -0.3 is 48.6 Å². The van der Waals surface area contributed by atoms with Crippen molar-refractivity contribution in [1.82, 2.24) is 4.90 Å². The molecule has 1 aliphatic carbocycles. The van der Waals surface area contributed by atoms with Crippen LogP contribution in [0.15, 0.2) is 35.5 Å². The maximum absolute atomic E-state index is 14.5. The molecule has 4 aliphatic heterocycles. The maximum atomic E-state index is 14.5. The Bertz CT molecular complexity index is 1860. The summed E-state index contributed by atoms with van der Waals surface area (Å²) < 4.78 is 35.8. The zero-order valence-electron chi connectivity index (χ0n) is 43.2. The summed E-state index contributed by atoms with van der Waals surface area (Å²) in [5.41, 5.74) is -0.303. The largest absolute Gasteiger partial charge is 0.460 e. The molecule has 15 heteroatoms. The third-order valence-corrected chi connectivity index (χ3v) is 16.0. The summed E-state index contributed by atoms with van der Waals surface area (Å²) in [6.45, 7) is 16.2. The summed E-state index contributed by atoms with van der Waals surface area (Å²) in [5.74, 6) is -7.68. The Morgan fingerprint density at radius 3 is 2.29 bits per heavy atom. The summed E-state index contributed by atoms with van der Waals surface area (Å²) >= 11 is 0. The summed E-state index contributed by atoms with van der Waals surface area (Å²) in [6.07, 6.45) is 9.35. The fraction of sp³-hybridized carbons (Fsp3) is 0.796. The molecule has 4 fully saturated rings. The SMILES string of the molecule is CO[C@@H]1C[C@H](C[C@@H](C)[C@@H]2CC(=O)[C@H](C)/C=C(\C)[C@@H](O)[C@](C)(OC)C(=O)[C@H](C)C[C@H](C)C/C=C/C=C(\C)[C@H](OCC3COC3)C[C@@H]3CC[C@@H](C)[C@@](O)(O3)C(=O)C(=O)N3CCCCC3C(=O)O2)CC[C@H]1O. The van der Waals surface area contributed by atoms with Gasteiger partial charge in [0, 0.05) is 57.3 Å². The summed E-state index contributed by atoms with van der Waals surface area (Å²) in [4.78, 5) is 72.8. The molecule has 3 saturated heterocycles. The number of rotatable bonds is 8. The van der Waals surface area contributed by atoms with Gasteiger partial charge in [-0.25, -0.2) is 4.79 Å². The number of ketones is 3. The lowest BCUT2D eigenvalue weighted by Gasteiger charge is -2.43. The second kappa shape index (κ2) is 25.5. The van der Waals surface area contributed by atoms with Crippen molar-refractivity contribution in [3.8, 4) is 0 Å². The number of cyclic esters (lactones) is 1. The van der Waals surface area contributed by atoms with E-state index in [2.05, 4.69) is 6.92 Å². The van der Waals surface area contributed by atoms with Crippen LogP contribution in [0.25, 0.3) is 0 Å². The molecule has 5 rings (SSSR count). The number of nitrogens with zero attached hydrogens (tertiary/aromatic N) is 1. The Kier molecular flexibility index (Phi) is 21.0. The van der Waals surface area contributed by atoms with Gasteiger partial charge in [0.25, 0.3) is 11.7 Å². The van der Waals surface area contributed by atoms with E-state index in [9.17, 15) is 39.3 Å². The molecule has 0 spiro atoms. The second-order valence-corrected chi connectivity index (χ2v) is 21.7. The van der Waals surface area contributed by atoms with Crippen molar-refractivity contribution in [1.29, 1.82) is 0 Å². The number of aliphatic hydroxyl groups excluding tert-OH is 2.